The predicted molar refractivity (Wildman–Crippen MR) is 72.8 cm³/mol. The van der Waals surface area contributed by atoms with Crippen molar-refractivity contribution in [3.63, 3.8) is 0 Å². The highest BCUT2D eigenvalue weighted by atomic mass is 19.1. The summed E-state index contributed by atoms with van der Waals surface area (Å²) in [6, 6.07) is 16.2. The molecule has 0 spiro atoms. The van der Waals surface area contributed by atoms with Crippen LogP contribution in [0.2, 0.25) is 0 Å². The van der Waals surface area contributed by atoms with Crippen LogP contribution in [0.1, 0.15) is 29.7 Å². The molecule has 1 N–H and O–H groups in total. The van der Waals surface area contributed by atoms with E-state index in [-0.39, 0.29) is 11.9 Å². The fourth-order valence-electron chi connectivity index (χ4n) is 1.89. The lowest BCUT2D eigenvalue weighted by molar-refractivity contribution is 0.571. The molecule has 0 radical (unpaired) electrons. The smallest absolute Gasteiger partial charge is 0.123 e. The molecule has 2 aromatic rings. The number of hydrogen-bond acceptors (Lipinski definition) is 2. The first-order valence-corrected chi connectivity index (χ1v) is 6.17. The Morgan fingerprint density at radius 1 is 1.21 bits per heavy atom. The zero-order chi connectivity index (χ0) is 13.7. The summed E-state index contributed by atoms with van der Waals surface area (Å²) in [6.07, 6.45) is 0. The van der Waals surface area contributed by atoms with Gasteiger partial charge in [-0.25, -0.2) is 4.39 Å². The van der Waals surface area contributed by atoms with Gasteiger partial charge in [-0.2, -0.15) is 5.26 Å². The van der Waals surface area contributed by atoms with Crippen molar-refractivity contribution in [1.29, 1.82) is 5.26 Å². The maximum Gasteiger partial charge on any atom is 0.123 e. The molecule has 96 valence electrons. The molecule has 0 bridgehead atoms. The van der Waals surface area contributed by atoms with E-state index in [2.05, 4.69) is 11.4 Å². The molecule has 1 unspecified atom stereocenters. The van der Waals surface area contributed by atoms with Crippen molar-refractivity contribution < 1.29 is 4.39 Å². The van der Waals surface area contributed by atoms with Crippen LogP contribution in [0.25, 0.3) is 0 Å². The first kappa shape index (κ1) is 13.3. The highest BCUT2D eigenvalue weighted by Crippen LogP contribution is 2.14. The van der Waals surface area contributed by atoms with Crippen LogP contribution in [0.15, 0.2) is 48.5 Å². The quantitative estimate of drug-likeness (QED) is 0.905. The highest BCUT2D eigenvalue weighted by molar-refractivity contribution is 5.32. The summed E-state index contributed by atoms with van der Waals surface area (Å²) in [4.78, 5) is 0. The van der Waals surface area contributed by atoms with E-state index in [9.17, 15) is 4.39 Å². The lowest BCUT2D eigenvalue weighted by atomic mass is 10.1. The average molecular weight is 254 g/mol. The molecule has 2 nitrogen and oxygen atoms in total. The zero-order valence-electron chi connectivity index (χ0n) is 10.7. The minimum atomic E-state index is -0.224. The fraction of sp³-hybridized carbons (Fsp3) is 0.188. The Morgan fingerprint density at radius 2 is 1.95 bits per heavy atom. The number of rotatable bonds is 4. The maximum atomic E-state index is 12.8. The first-order valence-electron chi connectivity index (χ1n) is 6.17. The summed E-state index contributed by atoms with van der Waals surface area (Å²) in [6.45, 7) is 2.70. The second-order valence-corrected chi connectivity index (χ2v) is 4.47. The van der Waals surface area contributed by atoms with Crippen LogP contribution in [-0.2, 0) is 6.54 Å². The standard InChI is InChI=1S/C16H15FN2/c1-12(15-5-7-16(17)8-6-15)19-11-14-4-2-3-13(9-14)10-18/h2-9,12,19H,11H2,1H3. The Balaban J connectivity index is 1.98. The van der Waals surface area contributed by atoms with E-state index in [1.54, 1.807) is 18.2 Å². The number of hydrogen-bond donors (Lipinski definition) is 1. The fourth-order valence-corrected chi connectivity index (χ4v) is 1.89. The predicted octanol–water partition coefficient (Wildman–Crippen LogP) is 3.55. The zero-order valence-corrected chi connectivity index (χ0v) is 10.7. The molecule has 0 fully saturated rings. The molecule has 19 heavy (non-hydrogen) atoms. The molecule has 0 aliphatic heterocycles. The third kappa shape index (κ3) is 3.64. The molecule has 0 saturated carbocycles. The molecule has 0 aliphatic rings. The van der Waals surface area contributed by atoms with Gasteiger partial charge in [0.1, 0.15) is 5.82 Å². The SMILES string of the molecule is CC(NCc1cccc(C#N)c1)c1ccc(F)cc1. The van der Waals surface area contributed by atoms with Crippen LogP contribution in [0.4, 0.5) is 4.39 Å². The van der Waals surface area contributed by atoms with Crippen LogP contribution in [0.3, 0.4) is 0 Å². The van der Waals surface area contributed by atoms with Gasteiger partial charge in [0, 0.05) is 12.6 Å². The van der Waals surface area contributed by atoms with Crippen molar-refractivity contribution in [2.45, 2.75) is 19.5 Å². The number of benzene rings is 2. The molecule has 0 heterocycles. The highest BCUT2D eigenvalue weighted by Gasteiger charge is 2.05. The average Bonchev–Trinajstić information content (AvgIpc) is 2.46. The molecular weight excluding hydrogens is 239 g/mol. The van der Waals surface area contributed by atoms with Gasteiger partial charge in [-0.3, -0.25) is 0 Å². The van der Waals surface area contributed by atoms with Crippen LogP contribution in [0.5, 0.6) is 0 Å². The van der Waals surface area contributed by atoms with Gasteiger partial charge in [0.2, 0.25) is 0 Å². The van der Waals surface area contributed by atoms with Gasteiger partial charge in [0.25, 0.3) is 0 Å². The van der Waals surface area contributed by atoms with Crippen molar-refractivity contribution >= 4 is 0 Å². The lowest BCUT2D eigenvalue weighted by Crippen LogP contribution is -2.18. The molecule has 2 rings (SSSR count). The molecular formula is C16H15FN2. The van der Waals surface area contributed by atoms with Crippen molar-refractivity contribution in [1.82, 2.24) is 5.32 Å². The van der Waals surface area contributed by atoms with Crippen molar-refractivity contribution in [2.75, 3.05) is 0 Å². The van der Waals surface area contributed by atoms with Crippen molar-refractivity contribution in [3.05, 3.63) is 71.0 Å². The van der Waals surface area contributed by atoms with Gasteiger partial charge < -0.3 is 5.32 Å². The van der Waals surface area contributed by atoms with E-state index in [1.165, 1.54) is 12.1 Å². The van der Waals surface area contributed by atoms with E-state index >= 15 is 0 Å². The van der Waals surface area contributed by atoms with Gasteiger partial charge in [0.15, 0.2) is 0 Å². The maximum absolute atomic E-state index is 12.8. The minimum absolute atomic E-state index is 0.131. The number of nitrogens with zero attached hydrogens (tertiary/aromatic N) is 1. The summed E-state index contributed by atoms with van der Waals surface area (Å²) in [7, 11) is 0. The summed E-state index contributed by atoms with van der Waals surface area (Å²) in [5.74, 6) is -0.224. The second kappa shape index (κ2) is 6.12. The molecule has 2 aromatic carbocycles. The Morgan fingerprint density at radius 3 is 2.63 bits per heavy atom. The van der Waals surface area contributed by atoms with Crippen LogP contribution >= 0.6 is 0 Å². The normalized spacial score (nSPS) is 11.8. The van der Waals surface area contributed by atoms with Gasteiger partial charge in [0.05, 0.1) is 11.6 Å². The van der Waals surface area contributed by atoms with Crippen LogP contribution in [0, 0.1) is 17.1 Å². The van der Waals surface area contributed by atoms with Crippen LogP contribution in [-0.4, -0.2) is 0 Å². The lowest BCUT2D eigenvalue weighted by Gasteiger charge is -2.14. The molecule has 0 amide bonds. The number of nitrogens with one attached hydrogen (secondary N) is 1. The van der Waals surface area contributed by atoms with Gasteiger partial charge in [-0.15, -0.1) is 0 Å². The van der Waals surface area contributed by atoms with Crippen molar-refractivity contribution in [3.8, 4) is 6.07 Å². The monoisotopic (exact) mass is 254 g/mol. The second-order valence-electron chi connectivity index (χ2n) is 4.47. The van der Waals surface area contributed by atoms with E-state index in [0.717, 1.165) is 11.1 Å². The van der Waals surface area contributed by atoms with E-state index in [1.807, 2.05) is 25.1 Å². The summed E-state index contributed by atoms with van der Waals surface area (Å²) in [5, 5.41) is 12.2. The minimum Gasteiger partial charge on any atom is -0.306 e. The summed E-state index contributed by atoms with van der Waals surface area (Å²) in [5.41, 5.74) is 2.76. The summed E-state index contributed by atoms with van der Waals surface area (Å²) < 4.78 is 12.8. The van der Waals surface area contributed by atoms with Gasteiger partial charge >= 0.3 is 0 Å². The number of nitriles is 1. The first-order chi connectivity index (χ1) is 9.19. The Kier molecular flexibility index (Phi) is 4.27. The Bertz CT molecular complexity index is 584. The van der Waals surface area contributed by atoms with E-state index in [4.69, 9.17) is 5.26 Å². The third-order valence-corrected chi connectivity index (χ3v) is 3.04. The largest absolute Gasteiger partial charge is 0.306 e. The molecule has 0 saturated heterocycles. The molecule has 0 aliphatic carbocycles. The molecule has 0 aromatic heterocycles. The van der Waals surface area contributed by atoms with Crippen molar-refractivity contribution in [2.24, 2.45) is 0 Å². The topological polar surface area (TPSA) is 35.8 Å². The molecule has 3 heteroatoms. The molecule has 1 atom stereocenters. The Labute approximate surface area is 112 Å². The van der Waals surface area contributed by atoms with Gasteiger partial charge in [-0.1, -0.05) is 24.3 Å². The van der Waals surface area contributed by atoms with Crippen LogP contribution < -0.4 is 5.32 Å². The van der Waals surface area contributed by atoms with Gasteiger partial charge in [-0.05, 0) is 42.3 Å². The van der Waals surface area contributed by atoms with E-state index in [0.29, 0.717) is 12.1 Å². The Hall–Kier alpha value is -2.18. The third-order valence-electron chi connectivity index (χ3n) is 3.04. The number of halogens is 1. The summed E-state index contributed by atoms with van der Waals surface area (Å²) >= 11 is 0. The van der Waals surface area contributed by atoms with E-state index < -0.39 is 0 Å².